The summed E-state index contributed by atoms with van der Waals surface area (Å²) in [4.78, 5) is 39.1. The Morgan fingerprint density at radius 2 is 1.28 bits per heavy atom. The first-order chi connectivity index (χ1) is 25.8. The summed E-state index contributed by atoms with van der Waals surface area (Å²) in [5, 5.41) is 26.6. The van der Waals surface area contributed by atoms with Crippen molar-refractivity contribution in [1.82, 2.24) is 9.97 Å². The standard InChI is InChI=1S/C19H14N2O2Se.C15H14N2O2Se.C7H9BO2/c1-11-5-4-6-13(9-11)15-8-7-14(10-16(15)20-3)18-21-12(2)17(24-18)19(22)23;1-5-19-15(18)13-10(3)17-14(20-13)11-7-6-9(2)12(8-11)16-4;1-6-3-2-4-7(5-6)8(9)10/h4-10H,1-2H3,(H,22,23);6-8H,5H2,1-3H3;2-5,9-10H,1H3. The fourth-order valence-electron chi connectivity index (χ4n) is 5.13. The quantitative estimate of drug-likeness (QED) is 0.0875. The molecule has 0 bridgehead atoms. The molecule has 0 aliphatic heterocycles. The van der Waals surface area contributed by atoms with Gasteiger partial charge in [0.15, 0.2) is 0 Å². The van der Waals surface area contributed by atoms with Crippen LogP contribution in [0.4, 0.5) is 11.4 Å². The number of hydrogen-bond donors (Lipinski definition) is 3. The van der Waals surface area contributed by atoms with Crippen molar-refractivity contribution in [3.05, 3.63) is 145 Å². The van der Waals surface area contributed by atoms with Crippen LogP contribution in [-0.2, 0) is 4.74 Å². The van der Waals surface area contributed by atoms with Crippen molar-refractivity contribution in [2.24, 2.45) is 0 Å². The Morgan fingerprint density at radius 3 is 1.80 bits per heavy atom. The third kappa shape index (κ3) is 10.6. The maximum atomic E-state index is 11.8. The monoisotopic (exact) mass is 852 g/mol. The Labute approximate surface area is 327 Å². The molecule has 13 heteroatoms. The van der Waals surface area contributed by atoms with Crippen LogP contribution in [0.1, 0.15) is 53.5 Å². The van der Waals surface area contributed by atoms with Crippen molar-refractivity contribution < 1.29 is 29.5 Å². The Hall–Kier alpha value is -5.36. The molecule has 0 aliphatic carbocycles. The van der Waals surface area contributed by atoms with Gasteiger partial charge in [0.1, 0.15) is 0 Å². The number of nitrogens with zero attached hydrogens (tertiary/aromatic N) is 4. The van der Waals surface area contributed by atoms with E-state index < -0.39 is 13.1 Å². The molecule has 2 aromatic heterocycles. The summed E-state index contributed by atoms with van der Waals surface area (Å²) in [7, 11) is -1.35. The fraction of sp³-hybridized carbons (Fsp3) is 0.171. The number of carbonyl (C=O) groups is 2. The van der Waals surface area contributed by atoms with Crippen LogP contribution < -0.4 is 5.46 Å². The van der Waals surface area contributed by atoms with Crippen LogP contribution in [0.15, 0.2) is 84.9 Å². The van der Waals surface area contributed by atoms with Crippen molar-refractivity contribution in [2.45, 2.75) is 41.5 Å². The molecule has 0 spiro atoms. The average molecular weight is 851 g/mol. The molecule has 4 aromatic carbocycles. The van der Waals surface area contributed by atoms with Gasteiger partial charge >= 0.3 is 276 Å². The number of benzene rings is 4. The van der Waals surface area contributed by atoms with Crippen molar-refractivity contribution in [3.8, 4) is 31.4 Å². The average Bonchev–Trinajstić information content (AvgIpc) is 3.75. The molecule has 2 heterocycles. The molecule has 54 heavy (non-hydrogen) atoms. The molecule has 3 N–H and O–H groups in total. The Morgan fingerprint density at radius 1 is 0.722 bits per heavy atom. The molecule has 0 saturated carbocycles. The molecule has 0 unspecified atom stereocenters. The molecule has 272 valence electrons. The zero-order chi connectivity index (χ0) is 39.5. The van der Waals surface area contributed by atoms with E-state index in [0.717, 1.165) is 53.8 Å². The molecule has 0 saturated heterocycles. The Kier molecular flexibility index (Phi) is 14.7. The van der Waals surface area contributed by atoms with Gasteiger partial charge in [0.2, 0.25) is 0 Å². The minimum atomic E-state index is -1.35. The summed E-state index contributed by atoms with van der Waals surface area (Å²) in [6.07, 6.45) is 0. The van der Waals surface area contributed by atoms with Gasteiger partial charge in [-0.2, -0.15) is 0 Å². The van der Waals surface area contributed by atoms with E-state index in [1.165, 1.54) is 0 Å². The molecule has 10 nitrogen and oxygen atoms in total. The third-order valence-corrected chi connectivity index (χ3v) is 12.9. The SMILES string of the molecule is Cc1cccc(B(O)O)c1.[C-]#[N+]c1cc(-c2nc(C)c(C(=O)O)[se]2)ccc1-c1cccc(C)c1.[C-]#[N+]c1cc(-c2nc(C)c(C(=O)OCC)[se]2)ccc1C. The fourth-order valence-corrected chi connectivity index (χ4v) is 9.03. The summed E-state index contributed by atoms with van der Waals surface area (Å²) in [5.74, 6) is -1.19. The molecule has 0 amide bonds. The minimum absolute atomic E-state index is 0.162. The zero-order valence-electron chi connectivity index (χ0n) is 30.5. The maximum absolute atomic E-state index is 11.8. The van der Waals surface area contributed by atoms with Crippen LogP contribution in [0.2, 0.25) is 0 Å². The van der Waals surface area contributed by atoms with E-state index in [0.29, 0.717) is 38.0 Å². The number of aromatic nitrogens is 2. The zero-order valence-corrected chi connectivity index (χ0v) is 34.0. The summed E-state index contributed by atoms with van der Waals surface area (Å²) >= 11 is -0.495. The van der Waals surface area contributed by atoms with Crippen LogP contribution in [0, 0.1) is 47.8 Å². The van der Waals surface area contributed by atoms with Crippen LogP contribution >= 0.6 is 0 Å². The first-order valence-electron chi connectivity index (χ1n) is 16.6. The van der Waals surface area contributed by atoms with E-state index >= 15 is 0 Å². The van der Waals surface area contributed by atoms with Crippen molar-refractivity contribution in [3.63, 3.8) is 0 Å². The number of rotatable bonds is 7. The van der Waals surface area contributed by atoms with Gasteiger partial charge in [0.25, 0.3) is 0 Å². The first kappa shape index (κ1) is 41.4. The molecule has 0 aliphatic rings. The van der Waals surface area contributed by atoms with E-state index in [1.54, 1.807) is 32.0 Å². The van der Waals surface area contributed by atoms with E-state index in [1.807, 2.05) is 88.4 Å². The number of carbonyl (C=O) groups excluding carboxylic acids is 1. The van der Waals surface area contributed by atoms with Crippen LogP contribution in [0.3, 0.4) is 0 Å². The summed E-state index contributed by atoms with van der Waals surface area (Å²) in [6.45, 7) is 26.2. The van der Waals surface area contributed by atoms with Crippen molar-refractivity contribution in [1.29, 1.82) is 0 Å². The van der Waals surface area contributed by atoms with Gasteiger partial charge in [-0.25, -0.2) is 0 Å². The predicted molar refractivity (Wildman–Crippen MR) is 214 cm³/mol. The predicted octanol–water partition coefficient (Wildman–Crippen LogP) is 7.16. The van der Waals surface area contributed by atoms with Gasteiger partial charge in [-0.15, -0.1) is 0 Å². The molecule has 0 atom stereocenters. The van der Waals surface area contributed by atoms with Crippen LogP contribution in [0.5, 0.6) is 0 Å². The van der Waals surface area contributed by atoms with E-state index in [-0.39, 0.29) is 35.0 Å². The van der Waals surface area contributed by atoms with E-state index in [2.05, 4.69) is 25.7 Å². The number of aromatic carboxylic acids is 1. The number of hydrogen-bond acceptors (Lipinski definition) is 7. The van der Waals surface area contributed by atoms with E-state index in [9.17, 15) is 14.7 Å². The molecule has 6 rings (SSSR count). The van der Waals surface area contributed by atoms with Gasteiger partial charge < -0.3 is 10.0 Å². The third-order valence-electron chi connectivity index (χ3n) is 7.86. The number of esters is 1. The van der Waals surface area contributed by atoms with E-state index in [4.69, 9.17) is 27.9 Å². The number of carboxylic acids is 1. The summed E-state index contributed by atoms with van der Waals surface area (Å²) in [6, 6.07) is 26.5. The van der Waals surface area contributed by atoms with Gasteiger partial charge in [0.05, 0.1) is 0 Å². The normalized spacial score (nSPS) is 10.1. The molecule has 0 fully saturated rings. The van der Waals surface area contributed by atoms with Gasteiger partial charge in [-0.1, -0.05) is 29.8 Å². The summed E-state index contributed by atoms with van der Waals surface area (Å²) in [5.41, 5.74) is 9.76. The van der Waals surface area contributed by atoms with Crippen LogP contribution in [-0.4, -0.2) is 79.8 Å². The van der Waals surface area contributed by atoms with Gasteiger partial charge in [-0.05, 0) is 12.4 Å². The topological polar surface area (TPSA) is 139 Å². The van der Waals surface area contributed by atoms with Gasteiger partial charge in [-0.3, -0.25) is 0 Å². The molecular weight excluding hydrogens is 813 g/mol. The number of ether oxygens (including phenoxy) is 1. The molecular formula is C41H37BN4O6Se2. The second-order valence-electron chi connectivity index (χ2n) is 12.0. The second kappa shape index (κ2) is 19.1. The Balaban J connectivity index is 0.000000195. The van der Waals surface area contributed by atoms with Crippen molar-refractivity contribution in [2.75, 3.05) is 6.61 Å². The summed E-state index contributed by atoms with van der Waals surface area (Å²) < 4.78 is 7.73. The Bertz CT molecular complexity index is 2390. The number of carboxylic acid groups (broad SMARTS) is 1. The van der Waals surface area contributed by atoms with Crippen molar-refractivity contribution >= 4 is 64.9 Å². The van der Waals surface area contributed by atoms with Crippen LogP contribution in [0.25, 0.3) is 41.1 Å². The number of aryl methyl sites for hydroxylation is 5. The molecule has 0 radical (unpaired) electrons. The second-order valence-corrected chi connectivity index (χ2v) is 16.2. The molecule has 6 aromatic rings. The first-order valence-corrected chi connectivity index (χ1v) is 20.0. The van der Waals surface area contributed by atoms with Gasteiger partial charge in [0, 0.05) is 0 Å².